The molecule has 2 aromatic rings. The van der Waals surface area contributed by atoms with Gasteiger partial charge in [-0.15, -0.1) is 0 Å². The average Bonchev–Trinajstić information content (AvgIpc) is 3.28. The van der Waals surface area contributed by atoms with Crippen molar-refractivity contribution in [2.24, 2.45) is 4.99 Å². The van der Waals surface area contributed by atoms with E-state index in [1.165, 1.54) is 17.5 Å². The molecule has 1 atom stereocenters. The van der Waals surface area contributed by atoms with E-state index in [0.29, 0.717) is 6.04 Å². The molecule has 1 aromatic heterocycles. The summed E-state index contributed by atoms with van der Waals surface area (Å²) in [5, 5.41) is 7.02. The van der Waals surface area contributed by atoms with Gasteiger partial charge >= 0.3 is 0 Å². The third-order valence-electron chi connectivity index (χ3n) is 5.62. The van der Waals surface area contributed by atoms with E-state index in [-0.39, 0.29) is 0 Å². The fourth-order valence-electron chi connectivity index (χ4n) is 3.74. The molecular weight excluding hydrogens is 386 g/mol. The molecule has 2 rings (SSSR count). The topological polar surface area (TPSA) is 56.0 Å². The van der Waals surface area contributed by atoms with Crippen LogP contribution in [0.5, 0.6) is 0 Å². The van der Waals surface area contributed by atoms with E-state index < -0.39 is 0 Å². The normalized spacial score (nSPS) is 13.1. The van der Waals surface area contributed by atoms with Gasteiger partial charge in [-0.05, 0) is 69.7 Å². The van der Waals surface area contributed by atoms with Gasteiger partial charge in [0.15, 0.2) is 5.96 Å². The maximum atomic E-state index is 5.48. The third-order valence-corrected chi connectivity index (χ3v) is 5.62. The second-order valence-corrected chi connectivity index (χ2v) is 8.16. The number of aliphatic imine (C=N–C) groups is 1. The molecule has 1 unspecified atom stereocenters. The largest absolute Gasteiger partial charge is 0.468 e. The zero-order chi connectivity index (χ0) is 22.5. The fraction of sp³-hybridized carbons (Fsp3) is 0.560. The summed E-state index contributed by atoms with van der Waals surface area (Å²) in [6.45, 7) is 12.5. The van der Waals surface area contributed by atoms with Crippen molar-refractivity contribution in [3.63, 3.8) is 0 Å². The molecule has 0 aliphatic heterocycles. The Morgan fingerprint density at radius 2 is 1.81 bits per heavy atom. The summed E-state index contributed by atoms with van der Waals surface area (Å²) in [7, 11) is 3.95. The van der Waals surface area contributed by atoms with E-state index in [2.05, 4.69) is 77.5 Å². The number of hydrogen-bond donors (Lipinski definition) is 2. The Hall–Kier alpha value is -2.31. The predicted octanol–water partition coefficient (Wildman–Crippen LogP) is 4.09. The van der Waals surface area contributed by atoms with Crippen LogP contribution in [0.4, 0.5) is 0 Å². The van der Waals surface area contributed by atoms with Gasteiger partial charge in [-0.3, -0.25) is 9.89 Å². The summed E-state index contributed by atoms with van der Waals surface area (Å²) in [4.78, 5) is 9.16. The molecular formula is C25H41N5O. The number of furan rings is 1. The molecule has 0 radical (unpaired) electrons. The number of guanidine groups is 1. The van der Waals surface area contributed by atoms with Crippen LogP contribution in [0, 0.1) is 0 Å². The zero-order valence-corrected chi connectivity index (χ0v) is 20.0. The Balaban J connectivity index is 1.82. The zero-order valence-electron chi connectivity index (χ0n) is 20.0. The van der Waals surface area contributed by atoms with Gasteiger partial charge in [-0.2, -0.15) is 0 Å². The molecule has 0 amide bonds. The fourth-order valence-corrected chi connectivity index (χ4v) is 3.74. The van der Waals surface area contributed by atoms with Crippen LogP contribution in [-0.4, -0.2) is 55.5 Å². The Morgan fingerprint density at radius 1 is 1.06 bits per heavy atom. The molecule has 0 saturated carbocycles. The van der Waals surface area contributed by atoms with Crippen LogP contribution in [0.2, 0.25) is 0 Å². The Bertz CT molecular complexity index is 755. The molecule has 1 heterocycles. The molecule has 6 heteroatoms. The lowest BCUT2D eigenvalue weighted by Crippen LogP contribution is -2.42. The molecule has 2 N–H and O–H groups in total. The quantitative estimate of drug-likeness (QED) is 0.373. The van der Waals surface area contributed by atoms with Crippen LogP contribution in [0.25, 0.3) is 0 Å². The summed E-state index contributed by atoms with van der Waals surface area (Å²) in [5.41, 5.74) is 2.60. The van der Waals surface area contributed by atoms with E-state index in [1.54, 1.807) is 6.26 Å². The van der Waals surface area contributed by atoms with Gasteiger partial charge in [0.05, 0.1) is 12.8 Å². The Morgan fingerprint density at radius 3 is 2.45 bits per heavy atom. The summed E-state index contributed by atoms with van der Waals surface area (Å²) < 4.78 is 5.48. The SMILES string of the molecule is CCN(CC)CCCC(C)NC(=NC)NCc1ccccc1CN(C)Cc1ccco1. The smallest absolute Gasteiger partial charge is 0.191 e. The Kier molecular flexibility index (Phi) is 11.2. The van der Waals surface area contributed by atoms with E-state index in [1.807, 2.05) is 19.2 Å². The molecule has 172 valence electrons. The van der Waals surface area contributed by atoms with Crippen molar-refractivity contribution >= 4 is 5.96 Å². The highest BCUT2D eigenvalue weighted by atomic mass is 16.3. The molecule has 0 bridgehead atoms. The minimum atomic E-state index is 0.386. The van der Waals surface area contributed by atoms with Crippen LogP contribution in [-0.2, 0) is 19.6 Å². The van der Waals surface area contributed by atoms with Crippen LogP contribution in [0.3, 0.4) is 0 Å². The predicted molar refractivity (Wildman–Crippen MR) is 130 cm³/mol. The first-order chi connectivity index (χ1) is 15.0. The molecule has 0 spiro atoms. The van der Waals surface area contributed by atoms with E-state index in [9.17, 15) is 0 Å². The van der Waals surface area contributed by atoms with Gasteiger partial charge in [0, 0.05) is 26.2 Å². The summed E-state index contributed by atoms with van der Waals surface area (Å²) in [6.07, 6.45) is 4.05. The molecule has 31 heavy (non-hydrogen) atoms. The highest BCUT2D eigenvalue weighted by Crippen LogP contribution is 2.13. The Labute approximate surface area is 188 Å². The summed E-state index contributed by atoms with van der Waals surface area (Å²) >= 11 is 0. The van der Waals surface area contributed by atoms with Crippen LogP contribution < -0.4 is 10.6 Å². The first-order valence-electron chi connectivity index (χ1n) is 11.5. The lowest BCUT2D eigenvalue weighted by molar-refractivity contribution is 0.287. The number of rotatable bonds is 13. The maximum absolute atomic E-state index is 5.48. The monoisotopic (exact) mass is 427 g/mol. The van der Waals surface area contributed by atoms with Crippen molar-refractivity contribution in [1.29, 1.82) is 0 Å². The van der Waals surface area contributed by atoms with Gasteiger partial charge < -0.3 is 20.0 Å². The highest BCUT2D eigenvalue weighted by molar-refractivity contribution is 5.79. The second kappa shape index (κ2) is 13.9. The summed E-state index contributed by atoms with van der Waals surface area (Å²) in [6, 6.07) is 12.9. The van der Waals surface area contributed by atoms with Crippen molar-refractivity contribution in [2.75, 3.05) is 33.7 Å². The average molecular weight is 428 g/mol. The van der Waals surface area contributed by atoms with E-state index in [4.69, 9.17) is 4.42 Å². The third kappa shape index (κ3) is 9.15. The lowest BCUT2D eigenvalue weighted by Gasteiger charge is -2.22. The van der Waals surface area contributed by atoms with Gasteiger partial charge in [-0.25, -0.2) is 0 Å². The van der Waals surface area contributed by atoms with Crippen LogP contribution in [0.1, 0.15) is 50.5 Å². The number of hydrogen-bond acceptors (Lipinski definition) is 4. The van der Waals surface area contributed by atoms with Crippen molar-refractivity contribution in [3.8, 4) is 0 Å². The first kappa shape index (κ1) is 25.0. The van der Waals surface area contributed by atoms with Crippen molar-refractivity contribution < 1.29 is 4.42 Å². The summed E-state index contributed by atoms with van der Waals surface area (Å²) in [5.74, 6) is 1.84. The van der Waals surface area contributed by atoms with Crippen molar-refractivity contribution in [3.05, 3.63) is 59.5 Å². The van der Waals surface area contributed by atoms with Crippen molar-refractivity contribution in [2.45, 2.75) is 59.3 Å². The highest BCUT2D eigenvalue weighted by Gasteiger charge is 2.10. The molecule has 0 fully saturated rings. The lowest BCUT2D eigenvalue weighted by atomic mass is 10.1. The molecule has 1 aromatic carbocycles. The molecule has 0 saturated heterocycles. The standard InChI is InChI=1S/C25H41N5O/c1-6-30(7-2)16-10-12-21(3)28-25(26-4)27-18-22-13-8-9-14-23(22)19-29(5)20-24-15-11-17-31-24/h8-9,11,13-15,17,21H,6-7,10,12,16,18-20H2,1-5H3,(H2,26,27,28). The minimum absolute atomic E-state index is 0.386. The van der Waals surface area contributed by atoms with Gasteiger partial charge in [0.2, 0.25) is 0 Å². The van der Waals surface area contributed by atoms with Crippen molar-refractivity contribution in [1.82, 2.24) is 20.4 Å². The molecule has 6 nitrogen and oxygen atoms in total. The van der Waals surface area contributed by atoms with Gasteiger partial charge in [0.1, 0.15) is 5.76 Å². The first-order valence-corrected chi connectivity index (χ1v) is 11.5. The minimum Gasteiger partial charge on any atom is -0.468 e. The second-order valence-electron chi connectivity index (χ2n) is 8.16. The number of benzene rings is 1. The number of nitrogens with one attached hydrogen (secondary N) is 2. The van der Waals surface area contributed by atoms with Gasteiger partial charge in [-0.1, -0.05) is 38.1 Å². The van der Waals surface area contributed by atoms with Crippen LogP contribution >= 0.6 is 0 Å². The van der Waals surface area contributed by atoms with Gasteiger partial charge in [0.25, 0.3) is 0 Å². The van der Waals surface area contributed by atoms with Crippen LogP contribution in [0.15, 0.2) is 52.1 Å². The maximum Gasteiger partial charge on any atom is 0.191 e. The molecule has 0 aliphatic rings. The number of nitrogens with zero attached hydrogens (tertiary/aromatic N) is 3. The van der Waals surface area contributed by atoms with E-state index in [0.717, 1.165) is 57.4 Å². The van der Waals surface area contributed by atoms with E-state index >= 15 is 0 Å². The molecule has 0 aliphatic carbocycles.